The molecule has 1 atom stereocenters. The predicted molar refractivity (Wildman–Crippen MR) is 79.6 cm³/mol. The van der Waals surface area contributed by atoms with Crippen LogP contribution in [-0.4, -0.2) is 11.0 Å². The van der Waals surface area contributed by atoms with Gasteiger partial charge in [0.25, 0.3) is 0 Å². The summed E-state index contributed by atoms with van der Waals surface area (Å²) >= 11 is 0. The lowest BCUT2D eigenvalue weighted by molar-refractivity contribution is -0.0517. The molecule has 4 bridgehead atoms. The van der Waals surface area contributed by atoms with Gasteiger partial charge in [0.1, 0.15) is 0 Å². The first-order valence-electron chi connectivity index (χ1n) is 8.18. The number of nitrogens with two attached hydrogens (primary N) is 1. The minimum atomic E-state index is 0.437. The molecule has 1 aromatic heterocycles. The van der Waals surface area contributed by atoms with Crippen molar-refractivity contribution in [1.29, 1.82) is 0 Å². The van der Waals surface area contributed by atoms with Crippen LogP contribution in [0, 0.1) is 29.6 Å². The molecular weight excluding hydrogens is 246 g/mol. The molecule has 4 aliphatic carbocycles. The van der Waals surface area contributed by atoms with Crippen LogP contribution in [-0.2, 0) is 6.42 Å². The molecule has 0 amide bonds. The first-order chi connectivity index (χ1) is 9.83. The SMILES string of the molecule is NNC(Cc1ccncc1)C1C2CC3CC(C2)CC1C3. The Morgan fingerprint density at radius 2 is 1.65 bits per heavy atom. The van der Waals surface area contributed by atoms with Crippen molar-refractivity contribution in [1.82, 2.24) is 10.4 Å². The lowest BCUT2D eigenvalue weighted by Gasteiger charge is -2.56. The van der Waals surface area contributed by atoms with E-state index in [0.717, 1.165) is 36.0 Å². The van der Waals surface area contributed by atoms with E-state index in [2.05, 4.69) is 22.5 Å². The number of pyridine rings is 1. The Kier molecular flexibility index (Phi) is 3.27. The van der Waals surface area contributed by atoms with E-state index in [9.17, 15) is 0 Å². The lowest BCUT2D eigenvalue weighted by Crippen LogP contribution is -2.55. The number of nitrogens with one attached hydrogen (secondary N) is 1. The number of aromatic nitrogens is 1. The molecule has 0 aliphatic heterocycles. The third-order valence-electron chi connectivity index (χ3n) is 6.18. The highest BCUT2D eigenvalue weighted by atomic mass is 15.2. The minimum Gasteiger partial charge on any atom is -0.271 e. The van der Waals surface area contributed by atoms with Crippen LogP contribution in [0.25, 0.3) is 0 Å². The fraction of sp³-hybridized carbons (Fsp3) is 0.706. The van der Waals surface area contributed by atoms with Gasteiger partial charge in [0.05, 0.1) is 0 Å². The number of nitrogens with zero attached hydrogens (tertiary/aromatic N) is 1. The van der Waals surface area contributed by atoms with E-state index in [1.54, 1.807) is 0 Å². The van der Waals surface area contributed by atoms with Gasteiger partial charge in [-0.05, 0) is 85.8 Å². The molecule has 1 unspecified atom stereocenters. The standard InChI is InChI=1S/C17H25N3/c18-20-16(10-11-1-3-19-4-2-11)17-14-6-12-5-13(8-14)9-15(17)7-12/h1-4,12-17,20H,5-10,18H2. The number of hydrazine groups is 1. The van der Waals surface area contributed by atoms with Gasteiger partial charge in [0.2, 0.25) is 0 Å². The molecule has 0 radical (unpaired) electrons. The zero-order valence-electron chi connectivity index (χ0n) is 12.0. The van der Waals surface area contributed by atoms with Crippen LogP contribution in [0.2, 0.25) is 0 Å². The van der Waals surface area contributed by atoms with E-state index in [1.807, 2.05) is 12.4 Å². The highest BCUT2D eigenvalue weighted by Gasteiger charge is 2.50. The molecule has 3 N–H and O–H groups in total. The molecule has 108 valence electrons. The van der Waals surface area contributed by atoms with Crippen LogP contribution in [0.4, 0.5) is 0 Å². The second-order valence-corrected chi connectivity index (χ2v) is 7.34. The number of hydrogen-bond acceptors (Lipinski definition) is 3. The van der Waals surface area contributed by atoms with Gasteiger partial charge in [-0.25, -0.2) is 0 Å². The van der Waals surface area contributed by atoms with Gasteiger partial charge < -0.3 is 0 Å². The zero-order valence-corrected chi connectivity index (χ0v) is 12.0. The largest absolute Gasteiger partial charge is 0.271 e. The Bertz CT molecular complexity index is 431. The van der Waals surface area contributed by atoms with Crippen LogP contribution in [0.3, 0.4) is 0 Å². The van der Waals surface area contributed by atoms with Crippen LogP contribution >= 0.6 is 0 Å². The summed E-state index contributed by atoms with van der Waals surface area (Å²) in [5, 5.41) is 0. The average molecular weight is 271 g/mol. The molecule has 1 heterocycles. The summed E-state index contributed by atoms with van der Waals surface area (Å²) in [6.45, 7) is 0. The summed E-state index contributed by atoms with van der Waals surface area (Å²) < 4.78 is 0. The Balaban J connectivity index is 1.53. The first kappa shape index (κ1) is 12.8. The summed E-state index contributed by atoms with van der Waals surface area (Å²) in [4.78, 5) is 4.11. The Morgan fingerprint density at radius 3 is 2.20 bits per heavy atom. The smallest absolute Gasteiger partial charge is 0.0284 e. The number of hydrogen-bond donors (Lipinski definition) is 2. The van der Waals surface area contributed by atoms with Gasteiger partial charge in [0.15, 0.2) is 0 Å². The van der Waals surface area contributed by atoms with Gasteiger partial charge in [-0.2, -0.15) is 0 Å². The summed E-state index contributed by atoms with van der Waals surface area (Å²) in [7, 11) is 0. The van der Waals surface area contributed by atoms with Crippen molar-refractivity contribution >= 4 is 0 Å². The van der Waals surface area contributed by atoms with E-state index in [0.29, 0.717) is 6.04 Å². The fourth-order valence-corrected chi connectivity index (χ4v) is 5.70. The normalized spacial score (nSPS) is 40.0. The Labute approximate surface area is 121 Å². The van der Waals surface area contributed by atoms with E-state index < -0.39 is 0 Å². The van der Waals surface area contributed by atoms with E-state index >= 15 is 0 Å². The highest BCUT2D eigenvalue weighted by molar-refractivity contribution is 5.13. The van der Waals surface area contributed by atoms with Crippen LogP contribution in [0.5, 0.6) is 0 Å². The molecule has 3 nitrogen and oxygen atoms in total. The maximum atomic E-state index is 5.93. The van der Waals surface area contributed by atoms with Crippen LogP contribution in [0.15, 0.2) is 24.5 Å². The van der Waals surface area contributed by atoms with E-state index in [-0.39, 0.29) is 0 Å². The van der Waals surface area contributed by atoms with Gasteiger partial charge in [-0.3, -0.25) is 16.3 Å². The third kappa shape index (κ3) is 2.17. The quantitative estimate of drug-likeness (QED) is 0.653. The maximum Gasteiger partial charge on any atom is 0.0284 e. The van der Waals surface area contributed by atoms with Gasteiger partial charge in [0, 0.05) is 18.4 Å². The van der Waals surface area contributed by atoms with Gasteiger partial charge in [-0.1, -0.05) is 0 Å². The second-order valence-electron chi connectivity index (χ2n) is 7.34. The summed E-state index contributed by atoms with van der Waals surface area (Å²) in [6, 6.07) is 4.69. The molecule has 0 aromatic carbocycles. The monoisotopic (exact) mass is 271 g/mol. The van der Waals surface area contributed by atoms with Crippen LogP contribution in [0.1, 0.15) is 37.7 Å². The summed E-state index contributed by atoms with van der Waals surface area (Å²) in [5.41, 5.74) is 4.52. The average Bonchev–Trinajstić information content (AvgIpc) is 2.46. The first-order valence-corrected chi connectivity index (χ1v) is 8.18. The van der Waals surface area contributed by atoms with Crippen molar-refractivity contribution in [3.05, 3.63) is 30.1 Å². The van der Waals surface area contributed by atoms with Gasteiger partial charge >= 0.3 is 0 Å². The Morgan fingerprint density at radius 1 is 1.05 bits per heavy atom. The van der Waals surface area contributed by atoms with Crippen molar-refractivity contribution in [3.8, 4) is 0 Å². The molecule has 20 heavy (non-hydrogen) atoms. The number of rotatable bonds is 4. The Hall–Kier alpha value is -0.930. The molecule has 4 saturated carbocycles. The molecule has 0 saturated heterocycles. The van der Waals surface area contributed by atoms with Crippen LogP contribution < -0.4 is 11.3 Å². The van der Waals surface area contributed by atoms with E-state index in [4.69, 9.17) is 5.84 Å². The van der Waals surface area contributed by atoms with Crippen molar-refractivity contribution in [2.75, 3.05) is 0 Å². The molecule has 3 heteroatoms. The summed E-state index contributed by atoms with van der Waals surface area (Å²) in [5.74, 6) is 10.6. The molecule has 4 fully saturated rings. The fourth-order valence-electron chi connectivity index (χ4n) is 5.70. The molecule has 5 rings (SSSR count). The molecular formula is C17H25N3. The van der Waals surface area contributed by atoms with Gasteiger partial charge in [-0.15, -0.1) is 0 Å². The van der Waals surface area contributed by atoms with Crippen molar-refractivity contribution < 1.29 is 0 Å². The topological polar surface area (TPSA) is 50.9 Å². The van der Waals surface area contributed by atoms with Crippen molar-refractivity contribution in [2.45, 2.75) is 44.6 Å². The molecule has 0 spiro atoms. The minimum absolute atomic E-state index is 0.437. The third-order valence-corrected chi connectivity index (χ3v) is 6.18. The second kappa shape index (κ2) is 5.12. The lowest BCUT2D eigenvalue weighted by atomic mass is 9.50. The highest BCUT2D eigenvalue weighted by Crippen LogP contribution is 2.57. The van der Waals surface area contributed by atoms with Crippen molar-refractivity contribution in [2.24, 2.45) is 35.4 Å². The van der Waals surface area contributed by atoms with Crippen molar-refractivity contribution in [3.63, 3.8) is 0 Å². The maximum absolute atomic E-state index is 5.93. The predicted octanol–water partition coefficient (Wildman–Crippen LogP) is 2.53. The zero-order chi connectivity index (χ0) is 13.5. The van der Waals surface area contributed by atoms with E-state index in [1.165, 1.54) is 37.7 Å². The molecule has 4 aliphatic rings. The summed E-state index contributed by atoms with van der Waals surface area (Å²) in [6.07, 6.45) is 12.2. The molecule has 1 aromatic rings.